The van der Waals surface area contributed by atoms with E-state index in [2.05, 4.69) is 21.2 Å². The molecule has 0 radical (unpaired) electrons. The van der Waals surface area contributed by atoms with Crippen molar-refractivity contribution in [2.24, 2.45) is 0 Å². The van der Waals surface area contributed by atoms with Gasteiger partial charge in [-0.25, -0.2) is 4.79 Å². The van der Waals surface area contributed by atoms with E-state index in [0.29, 0.717) is 18.8 Å². The predicted molar refractivity (Wildman–Crippen MR) is 111 cm³/mol. The first-order chi connectivity index (χ1) is 13.1. The van der Waals surface area contributed by atoms with Gasteiger partial charge in [-0.3, -0.25) is 10.1 Å². The van der Waals surface area contributed by atoms with Crippen LogP contribution in [0, 0.1) is 10.1 Å². The van der Waals surface area contributed by atoms with Crippen molar-refractivity contribution in [2.75, 3.05) is 18.4 Å². The summed E-state index contributed by atoms with van der Waals surface area (Å²) in [7, 11) is 0. The van der Waals surface area contributed by atoms with Crippen molar-refractivity contribution in [3.05, 3.63) is 62.6 Å². The van der Waals surface area contributed by atoms with E-state index in [1.54, 1.807) is 17.0 Å². The predicted octanol–water partition coefficient (Wildman–Crippen LogP) is 5.44. The van der Waals surface area contributed by atoms with Gasteiger partial charge < -0.3 is 15.0 Å². The van der Waals surface area contributed by atoms with Gasteiger partial charge in [0.05, 0.1) is 4.92 Å². The highest BCUT2D eigenvalue weighted by Gasteiger charge is 2.34. The van der Waals surface area contributed by atoms with Crippen molar-refractivity contribution in [1.29, 1.82) is 0 Å². The zero-order chi connectivity index (χ0) is 20.5. The topological polar surface area (TPSA) is 84.7 Å². The Bertz CT molecular complexity index is 887. The summed E-state index contributed by atoms with van der Waals surface area (Å²) in [6.07, 6.45) is -0.288. The van der Waals surface area contributed by atoms with Gasteiger partial charge in [-0.2, -0.15) is 0 Å². The SMILES string of the molecule is CC(C)(C)OC(=O)N1CC(c2ccc(Nc3cc(Br)ccc3[N+](=O)[O-])cc2)C1. The smallest absolute Gasteiger partial charge is 0.410 e. The van der Waals surface area contributed by atoms with Crippen LogP contribution in [0.25, 0.3) is 0 Å². The molecule has 1 aliphatic heterocycles. The Morgan fingerprint density at radius 3 is 2.43 bits per heavy atom. The molecule has 2 aromatic carbocycles. The molecule has 28 heavy (non-hydrogen) atoms. The maximum atomic E-state index is 12.0. The standard InChI is InChI=1S/C20H22BrN3O4/c1-20(2,3)28-19(25)23-11-14(12-23)13-4-7-16(8-5-13)22-17-10-15(21)6-9-18(17)24(26)27/h4-10,14,22H,11-12H2,1-3H3. The van der Waals surface area contributed by atoms with Crippen molar-refractivity contribution in [2.45, 2.75) is 32.3 Å². The average Bonchev–Trinajstić information content (AvgIpc) is 2.53. The molecule has 0 unspecified atom stereocenters. The lowest BCUT2D eigenvalue weighted by atomic mass is 9.92. The summed E-state index contributed by atoms with van der Waals surface area (Å²) < 4.78 is 6.13. The number of nitrogens with one attached hydrogen (secondary N) is 1. The first-order valence-corrected chi connectivity index (χ1v) is 9.70. The van der Waals surface area contributed by atoms with Crippen molar-refractivity contribution in [3.63, 3.8) is 0 Å². The number of carbonyl (C=O) groups excluding carboxylic acids is 1. The van der Waals surface area contributed by atoms with Crippen LogP contribution in [0.15, 0.2) is 46.9 Å². The Labute approximate surface area is 172 Å². The molecule has 1 aliphatic rings. The molecular weight excluding hydrogens is 426 g/mol. The van der Waals surface area contributed by atoms with Crippen LogP contribution in [0.5, 0.6) is 0 Å². The van der Waals surface area contributed by atoms with Gasteiger partial charge in [0.1, 0.15) is 11.3 Å². The molecule has 0 aromatic heterocycles. The minimum absolute atomic E-state index is 0.0132. The molecule has 1 N–H and O–H groups in total. The molecule has 148 valence electrons. The summed E-state index contributed by atoms with van der Waals surface area (Å²) in [5, 5.41) is 14.3. The number of nitro benzene ring substituents is 1. The number of hydrogen-bond acceptors (Lipinski definition) is 5. The first kappa shape index (κ1) is 20.1. The van der Waals surface area contributed by atoms with E-state index in [9.17, 15) is 14.9 Å². The Hall–Kier alpha value is -2.61. The van der Waals surface area contributed by atoms with E-state index in [4.69, 9.17) is 4.74 Å². The van der Waals surface area contributed by atoms with Crippen LogP contribution >= 0.6 is 15.9 Å². The molecule has 1 saturated heterocycles. The highest BCUT2D eigenvalue weighted by Crippen LogP contribution is 2.32. The zero-order valence-corrected chi connectivity index (χ0v) is 17.5. The fourth-order valence-electron chi connectivity index (χ4n) is 2.93. The van der Waals surface area contributed by atoms with Gasteiger partial charge in [0.15, 0.2) is 0 Å². The lowest BCUT2D eigenvalue weighted by molar-refractivity contribution is -0.383. The van der Waals surface area contributed by atoms with Gasteiger partial charge in [-0.1, -0.05) is 28.1 Å². The lowest BCUT2D eigenvalue weighted by Gasteiger charge is -2.40. The first-order valence-electron chi connectivity index (χ1n) is 8.91. The Kier molecular flexibility index (Phi) is 5.60. The fraction of sp³-hybridized carbons (Fsp3) is 0.350. The number of halogens is 1. The van der Waals surface area contributed by atoms with Gasteiger partial charge in [-0.05, 0) is 50.6 Å². The number of rotatable bonds is 4. The third-order valence-electron chi connectivity index (χ3n) is 4.35. The minimum Gasteiger partial charge on any atom is -0.444 e. The second kappa shape index (κ2) is 7.79. The second-order valence-corrected chi connectivity index (χ2v) is 8.66. The van der Waals surface area contributed by atoms with Gasteiger partial charge >= 0.3 is 6.09 Å². The maximum Gasteiger partial charge on any atom is 0.410 e. The van der Waals surface area contributed by atoms with E-state index in [-0.39, 0.29) is 17.7 Å². The van der Waals surface area contributed by atoms with Crippen LogP contribution in [0.2, 0.25) is 0 Å². The quantitative estimate of drug-likeness (QED) is 0.498. The van der Waals surface area contributed by atoms with Gasteiger partial charge in [0, 0.05) is 35.2 Å². The largest absolute Gasteiger partial charge is 0.444 e. The Balaban J connectivity index is 1.62. The fourth-order valence-corrected chi connectivity index (χ4v) is 3.29. The van der Waals surface area contributed by atoms with E-state index in [1.165, 1.54) is 6.07 Å². The molecule has 0 atom stereocenters. The Morgan fingerprint density at radius 1 is 1.21 bits per heavy atom. The molecule has 1 fully saturated rings. The number of likely N-dealkylation sites (tertiary alicyclic amines) is 1. The summed E-state index contributed by atoms with van der Waals surface area (Å²) in [4.78, 5) is 24.5. The number of hydrogen-bond donors (Lipinski definition) is 1. The number of ether oxygens (including phenoxy) is 1. The molecule has 0 aliphatic carbocycles. The molecular formula is C20H22BrN3O4. The minimum atomic E-state index is -0.496. The van der Waals surface area contributed by atoms with E-state index in [0.717, 1.165) is 15.7 Å². The van der Waals surface area contributed by atoms with Crippen LogP contribution in [-0.2, 0) is 4.74 Å². The van der Waals surface area contributed by atoms with Gasteiger partial charge in [0.25, 0.3) is 5.69 Å². The molecule has 0 spiro atoms. The summed E-state index contributed by atoms with van der Waals surface area (Å²) in [6, 6.07) is 12.5. The molecule has 1 heterocycles. The maximum absolute atomic E-state index is 12.0. The van der Waals surface area contributed by atoms with E-state index in [1.807, 2.05) is 45.0 Å². The zero-order valence-electron chi connectivity index (χ0n) is 15.9. The molecule has 2 aromatic rings. The van der Waals surface area contributed by atoms with Crippen molar-refractivity contribution < 1.29 is 14.5 Å². The van der Waals surface area contributed by atoms with Crippen LogP contribution in [-0.4, -0.2) is 34.6 Å². The number of nitrogens with zero attached hydrogens (tertiary/aromatic N) is 2. The van der Waals surface area contributed by atoms with Crippen LogP contribution in [0.3, 0.4) is 0 Å². The highest BCUT2D eigenvalue weighted by molar-refractivity contribution is 9.10. The van der Waals surface area contributed by atoms with Crippen LogP contribution in [0.4, 0.5) is 21.9 Å². The highest BCUT2D eigenvalue weighted by atomic mass is 79.9. The van der Waals surface area contributed by atoms with Crippen molar-refractivity contribution >= 4 is 39.1 Å². The molecule has 0 bridgehead atoms. The Morgan fingerprint density at radius 2 is 1.86 bits per heavy atom. The normalized spacial score (nSPS) is 14.4. The van der Waals surface area contributed by atoms with E-state index < -0.39 is 10.5 Å². The summed E-state index contributed by atoms with van der Waals surface area (Å²) >= 11 is 3.34. The molecule has 0 saturated carbocycles. The van der Waals surface area contributed by atoms with Crippen LogP contribution in [0.1, 0.15) is 32.3 Å². The van der Waals surface area contributed by atoms with Gasteiger partial charge in [-0.15, -0.1) is 0 Å². The monoisotopic (exact) mass is 447 g/mol. The summed E-state index contributed by atoms with van der Waals surface area (Å²) in [5.74, 6) is 0.266. The molecule has 8 heteroatoms. The third kappa shape index (κ3) is 4.81. The van der Waals surface area contributed by atoms with E-state index >= 15 is 0 Å². The number of carbonyl (C=O) groups is 1. The number of amides is 1. The summed E-state index contributed by atoms with van der Waals surface area (Å²) in [5.41, 5.74) is 1.82. The number of anilines is 2. The number of nitro groups is 1. The molecule has 3 rings (SSSR count). The second-order valence-electron chi connectivity index (χ2n) is 7.75. The van der Waals surface area contributed by atoms with Crippen LogP contribution < -0.4 is 5.32 Å². The third-order valence-corrected chi connectivity index (χ3v) is 4.84. The molecule has 7 nitrogen and oxygen atoms in total. The van der Waals surface area contributed by atoms with Crippen molar-refractivity contribution in [1.82, 2.24) is 4.90 Å². The van der Waals surface area contributed by atoms with Crippen molar-refractivity contribution in [3.8, 4) is 0 Å². The molecule has 1 amide bonds. The summed E-state index contributed by atoms with van der Waals surface area (Å²) in [6.45, 7) is 6.80. The number of benzene rings is 2. The van der Waals surface area contributed by atoms with Gasteiger partial charge in [0.2, 0.25) is 0 Å². The lowest BCUT2D eigenvalue weighted by Crippen LogP contribution is -2.50. The average molecular weight is 448 g/mol.